The van der Waals surface area contributed by atoms with Crippen molar-refractivity contribution < 1.29 is 4.79 Å². The SMILES string of the molecule is CN(C)c1ccc(/N=N/c2cccc(C=O)c2)cc1. The highest BCUT2D eigenvalue weighted by molar-refractivity contribution is 5.76. The molecule has 2 aromatic carbocycles. The lowest BCUT2D eigenvalue weighted by Crippen LogP contribution is -2.07. The first-order valence-electron chi connectivity index (χ1n) is 5.93. The summed E-state index contributed by atoms with van der Waals surface area (Å²) in [7, 11) is 3.98. The van der Waals surface area contributed by atoms with Crippen LogP contribution in [0.25, 0.3) is 0 Å². The van der Waals surface area contributed by atoms with Crippen LogP contribution < -0.4 is 4.90 Å². The molecule has 0 saturated carbocycles. The van der Waals surface area contributed by atoms with Crippen molar-refractivity contribution >= 4 is 23.3 Å². The number of nitrogens with zero attached hydrogens (tertiary/aromatic N) is 3. The molecule has 0 unspecified atom stereocenters. The van der Waals surface area contributed by atoms with E-state index < -0.39 is 0 Å². The van der Waals surface area contributed by atoms with Gasteiger partial charge in [0.25, 0.3) is 0 Å². The highest BCUT2D eigenvalue weighted by atomic mass is 16.1. The summed E-state index contributed by atoms with van der Waals surface area (Å²) in [5.74, 6) is 0. The minimum absolute atomic E-state index is 0.597. The quantitative estimate of drug-likeness (QED) is 0.611. The number of azo groups is 1. The zero-order chi connectivity index (χ0) is 13.7. The molecule has 2 rings (SSSR count). The molecule has 0 N–H and O–H groups in total. The Morgan fingerprint density at radius 1 is 0.947 bits per heavy atom. The van der Waals surface area contributed by atoms with Crippen molar-refractivity contribution in [3.8, 4) is 0 Å². The van der Waals surface area contributed by atoms with Crippen molar-refractivity contribution in [3.05, 3.63) is 54.1 Å². The van der Waals surface area contributed by atoms with Gasteiger partial charge in [-0.25, -0.2) is 0 Å². The lowest BCUT2D eigenvalue weighted by molar-refractivity contribution is 0.112. The van der Waals surface area contributed by atoms with Gasteiger partial charge in [-0.05, 0) is 36.4 Å². The Hall–Kier alpha value is -2.49. The highest BCUT2D eigenvalue weighted by Gasteiger charge is 1.96. The second-order valence-electron chi connectivity index (χ2n) is 4.32. The number of aldehydes is 1. The van der Waals surface area contributed by atoms with Gasteiger partial charge in [-0.2, -0.15) is 10.2 Å². The van der Waals surface area contributed by atoms with Crippen molar-refractivity contribution in [2.24, 2.45) is 10.2 Å². The van der Waals surface area contributed by atoms with Crippen molar-refractivity contribution in [3.63, 3.8) is 0 Å². The zero-order valence-corrected chi connectivity index (χ0v) is 10.9. The van der Waals surface area contributed by atoms with Gasteiger partial charge in [-0.1, -0.05) is 12.1 Å². The smallest absolute Gasteiger partial charge is 0.150 e. The maximum atomic E-state index is 10.7. The van der Waals surface area contributed by atoms with Gasteiger partial charge in [0.15, 0.2) is 0 Å². The first kappa shape index (κ1) is 13.0. The Morgan fingerprint density at radius 2 is 1.63 bits per heavy atom. The van der Waals surface area contributed by atoms with Gasteiger partial charge in [0.05, 0.1) is 11.4 Å². The highest BCUT2D eigenvalue weighted by Crippen LogP contribution is 2.21. The van der Waals surface area contributed by atoms with Gasteiger partial charge in [0.1, 0.15) is 6.29 Å². The Bertz CT molecular complexity index is 589. The summed E-state index contributed by atoms with van der Waals surface area (Å²) in [5, 5.41) is 8.26. The van der Waals surface area contributed by atoms with E-state index >= 15 is 0 Å². The second-order valence-corrected chi connectivity index (χ2v) is 4.32. The minimum Gasteiger partial charge on any atom is -0.378 e. The van der Waals surface area contributed by atoms with E-state index in [0.717, 1.165) is 17.7 Å². The third kappa shape index (κ3) is 3.48. The largest absolute Gasteiger partial charge is 0.378 e. The van der Waals surface area contributed by atoms with Gasteiger partial charge >= 0.3 is 0 Å². The first-order valence-corrected chi connectivity index (χ1v) is 5.93. The molecule has 4 heteroatoms. The lowest BCUT2D eigenvalue weighted by atomic mass is 10.2. The molecule has 0 saturated heterocycles. The molecule has 0 aliphatic carbocycles. The Morgan fingerprint density at radius 3 is 2.26 bits per heavy atom. The zero-order valence-electron chi connectivity index (χ0n) is 10.9. The predicted octanol–water partition coefficient (Wildman–Crippen LogP) is 3.98. The summed E-state index contributed by atoms with van der Waals surface area (Å²) in [6.07, 6.45) is 0.797. The van der Waals surface area contributed by atoms with E-state index in [4.69, 9.17) is 0 Å². The maximum Gasteiger partial charge on any atom is 0.150 e. The van der Waals surface area contributed by atoms with E-state index in [9.17, 15) is 4.79 Å². The van der Waals surface area contributed by atoms with E-state index in [1.165, 1.54) is 0 Å². The third-order valence-electron chi connectivity index (χ3n) is 2.65. The molecule has 19 heavy (non-hydrogen) atoms. The van der Waals surface area contributed by atoms with Crippen LogP contribution in [0.2, 0.25) is 0 Å². The van der Waals surface area contributed by atoms with Crippen LogP contribution in [0.1, 0.15) is 10.4 Å². The average Bonchev–Trinajstić information content (AvgIpc) is 2.46. The fourth-order valence-electron chi connectivity index (χ4n) is 1.59. The van der Waals surface area contributed by atoms with Gasteiger partial charge in [-0.3, -0.25) is 4.79 Å². The maximum absolute atomic E-state index is 10.7. The number of hydrogen-bond acceptors (Lipinski definition) is 4. The summed E-state index contributed by atoms with van der Waals surface area (Å²) >= 11 is 0. The van der Waals surface area contributed by atoms with E-state index in [-0.39, 0.29) is 0 Å². The van der Waals surface area contributed by atoms with Crippen molar-refractivity contribution in [2.75, 3.05) is 19.0 Å². The summed E-state index contributed by atoms with van der Waals surface area (Å²) < 4.78 is 0. The summed E-state index contributed by atoms with van der Waals surface area (Å²) in [6, 6.07) is 14.8. The molecular weight excluding hydrogens is 238 g/mol. The number of benzene rings is 2. The molecule has 2 aromatic rings. The van der Waals surface area contributed by atoms with Crippen LogP contribution in [0.5, 0.6) is 0 Å². The third-order valence-corrected chi connectivity index (χ3v) is 2.65. The number of carbonyl (C=O) groups excluding carboxylic acids is 1. The Balaban J connectivity index is 2.15. The molecule has 0 aromatic heterocycles. The van der Waals surface area contributed by atoms with Crippen LogP contribution >= 0.6 is 0 Å². The summed E-state index contributed by atoms with van der Waals surface area (Å²) in [5.41, 5.74) is 3.16. The number of carbonyl (C=O) groups is 1. The monoisotopic (exact) mass is 253 g/mol. The lowest BCUT2D eigenvalue weighted by Gasteiger charge is -2.11. The number of rotatable bonds is 4. The molecule has 0 radical (unpaired) electrons. The molecule has 0 aliphatic rings. The van der Waals surface area contributed by atoms with Gasteiger partial charge in [-0.15, -0.1) is 0 Å². The van der Waals surface area contributed by atoms with E-state index in [1.807, 2.05) is 49.3 Å². The van der Waals surface area contributed by atoms with Crippen molar-refractivity contribution in [1.82, 2.24) is 0 Å². The van der Waals surface area contributed by atoms with Gasteiger partial charge < -0.3 is 4.90 Å². The fourth-order valence-corrected chi connectivity index (χ4v) is 1.59. The predicted molar refractivity (Wildman–Crippen MR) is 76.8 cm³/mol. The molecule has 0 atom stereocenters. The van der Waals surface area contributed by atoms with E-state index in [2.05, 4.69) is 10.2 Å². The molecule has 0 aliphatic heterocycles. The van der Waals surface area contributed by atoms with Crippen LogP contribution in [0, 0.1) is 0 Å². The molecule has 0 heterocycles. The molecular formula is C15H15N3O. The van der Waals surface area contributed by atoms with Gasteiger partial charge in [0.2, 0.25) is 0 Å². The van der Waals surface area contributed by atoms with Crippen LogP contribution in [0.15, 0.2) is 58.8 Å². The average molecular weight is 253 g/mol. The second kappa shape index (κ2) is 5.91. The molecule has 0 amide bonds. The normalized spacial score (nSPS) is 10.6. The fraction of sp³-hybridized carbons (Fsp3) is 0.133. The molecule has 0 spiro atoms. The summed E-state index contributed by atoms with van der Waals surface area (Å²) in [6.45, 7) is 0. The molecule has 0 fully saturated rings. The van der Waals surface area contributed by atoms with Gasteiger partial charge in [0, 0.05) is 25.3 Å². The van der Waals surface area contributed by atoms with Crippen LogP contribution in [0.3, 0.4) is 0 Å². The molecule has 96 valence electrons. The number of anilines is 1. The topological polar surface area (TPSA) is 45.0 Å². The van der Waals surface area contributed by atoms with E-state index in [1.54, 1.807) is 18.2 Å². The van der Waals surface area contributed by atoms with Crippen molar-refractivity contribution in [1.29, 1.82) is 0 Å². The minimum atomic E-state index is 0.597. The van der Waals surface area contributed by atoms with Crippen LogP contribution in [-0.2, 0) is 0 Å². The first-order chi connectivity index (χ1) is 9.19. The van der Waals surface area contributed by atoms with Crippen molar-refractivity contribution in [2.45, 2.75) is 0 Å². The molecule has 0 bridgehead atoms. The Labute approximate surface area is 112 Å². The Kier molecular flexibility index (Phi) is 4.03. The van der Waals surface area contributed by atoms with Crippen LogP contribution in [0.4, 0.5) is 17.1 Å². The molecule has 4 nitrogen and oxygen atoms in total. The van der Waals surface area contributed by atoms with E-state index in [0.29, 0.717) is 11.3 Å². The standard InChI is InChI=1S/C15H15N3O/c1-18(2)15-8-6-13(7-9-15)16-17-14-5-3-4-12(10-14)11-19/h3-11H,1-2H3/b17-16+. The van der Waals surface area contributed by atoms with Crippen LogP contribution in [-0.4, -0.2) is 20.4 Å². The summed E-state index contributed by atoms with van der Waals surface area (Å²) in [4.78, 5) is 12.7. The number of hydrogen-bond donors (Lipinski definition) is 0.